The number of aromatic nitrogens is 3. The van der Waals surface area contributed by atoms with E-state index in [0.717, 1.165) is 21.4 Å². The van der Waals surface area contributed by atoms with Crippen LogP contribution in [0.2, 0.25) is 0 Å². The number of aliphatic hydroxyl groups is 2. The maximum Gasteiger partial charge on any atom is 0.481 e. The monoisotopic (exact) mass is 561 g/mol. The second kappa shape index (κ2) is 10.6. The fraction of sp³-hybridized carbons (Fsp3) is 0.316. The van der Waals surface area contributed by atoms with Gasteiger partial charge in [0.1, 0.15) is 24.1 Å². The standard InChI is InChI=1S/C19H21N3O13P2/c23-14-6-7-21(18-16(25)15(24)13(34-18)10-32-37(30,31)35-36(27,28)29)19(26)22(14)9-12-8-20-17(33-12)11-4-2-1-3-5-11/h1-8,13,15-16,18,24-25H,9-10H2,(H,30,31)(H2,27,28,29)/t13-,15+,16?,18-/m1/s1. The molecule has 1 saturated heterocycles. The SMILES string of the molecule is O=c1ccn([C@@H]2O[C@H](COP(=O)(O)OP(=O)(O)O)[C@H](O)C2O)c(=O)n1Cc1cnc(-c2ccccc2)o1. The van der Waals surface area contributed by atoms with Crippen LogP contribution in [-0.4, -0.2) is 63.9 Å². The number of benzene rings is 1. The highest BCUT2D eigenvalue weighted by molar-refractivity contribution is 7.60. The lowest BCUT2D eigenvalue weighted by Crippen LogP contribution is -2.43. The third-order valence-electron chi connectivity index (χ3n) is 5.21. The number of oxazole rings is 1. The number of rotatable bonds is 9. The predicted octanol–water partition coefficient (Wildman–Crippen LogP) is -0.441. The smallest absolute Gasteiger partial charge is 0.439 e. The van der Waals surface area contributed by atoms with Crippen molar-refractivity contribution in [2.45, 2.75) is 31.1 Å². The average Bonchev–Trinajstić information content (AvgIpc) is 3.40. The minimum atomic E-state index is -5.38. The van der Waals surface area contributed by atoms with Crippen molar-refractivity contribution in [2.75, 3.05) is 6.61 Å². The van der Waals surface area contributed by atoms with E-state index in [-0.39, 0.29) is 18.2 Å². The van der Waals surface area contributed by atoms with Gasteiger partial charge in [0.2, 0.25) is 5.89 Å². The number of ether oxygens (including phenoxy) is 1. The molecule has 5 N–H and O–H groups in total. The average molecular weight is 561 g/mol. The number of nitrogens with zero attached hydrogens (tertiary/aromatic N) is 3. The molecule has 3 heterocycles. The molecule has 1 fully saturated rings. The van der Waals surface area contributed by atoms with Crippen molar-refractivity contribution in [1.29, 1.82) is 0 Å². The summed E-state index contributed by atoms with van der Waals surface area (Å²) in [5, 5.41) is 20.7. The van der Waals surface area contributed by atoms with Crippen LogP contribution in [0.15, 0.2) is 62.8 Å². The van der Waals surface area contributed by atoms with Gasteiger partial charge in [-0.05, 0) is 12.1 Å². The summed E-state index contributed by atoms with van der Waals surface area (Å²) in [6.07, 6.45) is -4.22. The molecule has 37 heavy (non-hydrogen) atoms. The number of aliphatic hydroxyl groups excluding tert-OH is 2. The molecule has 0 saturated carbocycles. The molecule has 3 aromatic rings. The van der Waals surface area contributed by atoms with Crippen LogP contribution in [0.5, 0.6) is 0 Å². The van der Waals surface area contributed by atoms with E-state index in [1.807, 2.05) is 6.07 Å². The first-order valence-electron chi connectivity index (χ1n) is 10.4. The van der Waals surface area contributed by atoms with Crippen molar-refractivity contribution in [3.63, 3.8) is 0 Å². The molecule has 200 valence electrons. The molecule has 0 amide bonds. The van der Waals surface area contributed by atoms with E-state index in [2.05, 4.69) is 13.8 Å². The van der Waals surface area contributed by atoms with Gasteiger partial charge in [0, 0.05) is 17.8 Å². The second-order valence-electron chi connectivity index (χ2n) is 7.81. The number of phosphoric ester groups is 1. The summed E-state index contributed by atoms with van der Waals surface area (Å²) in [7, 11) is -10.6. The van der Waals surface area contributed by atoms with Crippen LogP contribution in [0.25, 0.3) is 11.5 Å². The molecule has 2 aromatic heterocycles. The minimum absolute atomic E-state index is 0.179. The van der Waals surface area contributed by atoms with Crippen LogP contribution in [0.4, 0.5) is 0 Å². The Kier molecular flexibility index (Phi) is 7.78. The molecule has 4 rings (SSSR count). The highest BCUT2D eigenvalue weighted by Gasteiger charge is 2.46. The molecule has 0 spiro atoms. The number of hydrogen-bond donors (Lipinski definition) is 5. The van der Waals surface area contributed by atoms with Gasteiger partial charge in [-0.1, -0.05) is 18.2 Å². The number of hydrogen-bond acceptors (Lipinski definition) is 11. The van der Waals surface area contributed by atoms with Gasteiger partial charge in [0.15, 0.2) is 6.23 Å². The predicted molar refractivity (Wildman–Crippen MR) is 121 cm³/mol. The molecule has 1 aromatic carbocycles. The van der Waals surface area contributed by atoms with Crippen LogP contribution >= 0.6 is 15.6 Å². The zero-order valence-corrected chi connectivity index (χ0v) is 20.4. The molecule has 1 aliphatic rings. The van der Waals surface area contributed by atoms with E-state index in [9.17, 15) is 33.8 Å². The first kappa shape index (κ1) is 27.3. The van der Waals surface area contributed by atoms with E-state index in [4.69, 9.17) is 18.9 Å². The lowest BCUT2D eigenvalue weighted by Gasteiger charge is -2.18. The van der Waals surface area contributed by atoms with Gasteiger partial charge in [0.25, 0.3) is 5.56 Å². The van der Waals surface area contributed by atoms with Gasteiger partial charge in [-0.3, -0.25) is 18.5 Å². The van der Waals surface area contributed by atoms with Gasteiger partial charge >= 0.3 is 21.3 Å². The van der Waals surface area contributed by atoms with Crippen molar-refractivity contribution in [1.82, 2.24) is 14.1 Å². The van der Waals surface area contributed by atoms with E-state index in [1.54, 1.807) is 24.3 Å². The van der Waals surface area contributed by atoms with Crippen molar-refractivity contribution in [2.24, 2.45) is 0 Å². The molecule has 18 heteroatoms. The first-order chi connectivity index (χ1) is 17.3. The lowest BCUT2D eigenvalue weighted by molar-refractivity contribution is -0.0547. The van der Waals surface area contributed by atoms with Crippen molar-refractivity contribution in [3.05, 3.63) is 75.4 Å². The van der Waals surface area contributed by atoms with Crippen molar-refractivity contribution in [3.8, 4) is 11.5 Å². The highest BCUT2D eigenvalue weighted by atomic mass is 31.3. The van der Waals surface area contributed by atoms with Crippen LogP contribution in [0.1, 0.15) is 12.0 Å². The maximum absolute atomic E-state index is 13.1. The summed E-state index contributed by atoms with van der Waals surface area (Å²) in [5.74, 6) is 0.447. The van der Waals surface area contributed by atoms with Gasteiger partial charge < -0.3 is 34.0 Å². The molecule has 5 atom stereocenters. The van der Waals surface area contributed by atoms with Gasteiger partial charge in [0.05, 0.1) is 19.3 Å². The molecule has 0 bridgehead atoms. The van der Waals surface area contributed by atoms with Gasteiger partial charge in [-0.15, -0.1) is 0 Å². The van der Waals surface area contributed by atoms with E-state index < -0.39 is 58.0 Å². The zero-order chi connectivity index (χ0) is 27.0. The lowest BCUT2D eigenvalue weighted by atomic mass is 10.1. The normalized spacial score (nSPS) is 23.7. The van der Waals surface area contributed by atoms with Crippen LogP contribution in [-0.2, 0) is 29.2 Å². The Hall–Kier alpha value is -2.75. The summed E-state index contributed by atoms with van der Waals surface area (Å²) >= 11 is 0. The summed E-state index contributed by atoms with van der Waals surface area (Å²) in [6, 6.07) is 9.90. The highest BCUT2D eigenvalue weighted by Crippen LogP contribution is 2.57. The second-order valence-corrected chi connectivity index (χ2v) is 10.6. The molecular weight excluding hydrogens is 540 g/mol. The van der Waals surface area contributed by atoms with Crippen molar-refractivity contribution < 1.29 is 52.0 Å². The van der Waals surface area contributed by atoms with Gasteiger partial charge in [-0.25, -0.2) is 18.9 Å². The molecule has 0 radical (unpaired) electrons. The Morgan fingerprint density at radius 2 is 1.73 bits per heavy atom. The van der Waals surface area contributed by atoms with Crippen molar-refractivity contribution >= 4 is 15.6 Å². The minimum Gasteiger partial charge on any atom is -0.439 e. The Morgan fingerprint density at radius 3 is 2.41 bits per heavy atom. The third-order valence-corrected chi connectivity index (χ3v) is 7.36. The Labute approximate surface area is 206 Å². The van der Waals surface area contributed by atoms with Gasteiger partial charge in [-0.2, -0.15) is 4.31 Å². The molecular formula is C19H21N3O13P2. The molecule has 1 aliphatic heterocycles. The summed E-state index contributed by atoms with van der Waals surface area (Å²) in [4.78, 5) is 56.3. The Balaban J connectivity index is 1.52. The summed E-state index contributed by atoms with van der Waals surface area (Å²) in [6.45, 7) is -1.26. The Bertz CT molecular complexity index is 1460. The Morgan fingerprint density at radius 1 is 1.03 bits per heavy atom. The van der Waals surface area contributed by atoms with E-state index in [0.29, 0.717) is 5.56 Å². The fourth-order valence-electron chi connectivity index (χ4n) is 3.54. The zero-order valence-electron chi connectivity index (χ0n) is 18.6. The third kappa shape index (κ3) is 6.40. The topological polar surface area (TPSA) is 233 Å². The summed E-state index contributed by atoms with van der Waals surface area (Å²) < 4.78 is 43.1. The molecule has 2 unspecified atom stereocenters. The van der Waals surface area contributed by atoms with Crippen LogP contribution in [0.3, 0.4) is 0 Å². The number of phosphoric acid groups is 2. The van der Waals surface area contributed by atoms with E-state index in [1.165, 1.54) is 6.20 Å². The first-order valence-corrected chi connectivity index (χ1v) is 13.5. The molecule has 0 aliphatic carbocycles. The molecule has 16 nitrogen and oxygen atoms in total. The maximum atomic E-state index is 13.1. The fourth-order valence-corrected chi connectivity index (χ4v) is 5.14. The van der Waals surface area contributed by atoms with Crippen LogP contribution < -0.4 is 11.2 Å². The van der Waals surface area contributed by atoms with Crippen LogP contribution in [0, 0.1) is 0 Å². The van der Waals surface area contributed by atoms with E-state index >= 15 is 0 Å². The largest absolute Gasteiger partial charge is 0.481 e. The summed E-state index contributed by atoms with van der Waals surface area (Å²) in [5.41, 5.74) is -0.974. The quantitative estimate of drug-likeness (QED) is 0.208.